The van der Waals surface area contributed by atoms with Crippen LogP contribution in [0.25, 0.3) is 11.0 Å². The van der Waals surface area contributed by atoms with E-state index in [9.17, 15) is 13.2 Å². The fourth-order valence-corrected chi connectivity index (χ4v) is 2.50. The minimum atomic E-state index is -4.33. The molecule has 102 valence electrons. The van der Waals surface area contributed by atoms with E-state index in [1.165, 1.54) is 6.07 Å². The van der Waals surface area contributed by atoms with Crippen molar-refractivity contribution >= 4 is 11.0 Å². The molecule has 0 radical (unpaired) electrons. The first kappa shape index (κ1) is 12.5. The van der Waals surface area contributed by atoms with Crippen LogP contribution in [0.5, 0.6) is 0 Å². The van der Waals surface area contributed by atoms with Crippen molar-refractivity contribution in [2.24, 2.45) is 0 Å². The summed E-state index contributed by atoms with van der Waals surface area (Å²) in [5, 5.41) is 0. The van der Waals surface area contributed by atoms with E-state index in [2.05, 4.69) is 4.98 Å². The number of aromatic nitrogens is 2. The smallest absolute Gasteiger partial charge is 0.371 e. The number of ether oxygens (including phenoxy) is 1. The number of hydrogen-bond donors (Lipinski definition) is 0. The highest BCUT2D eigenvalue weighted by Crippen LogP contribution is 2.33. The summed E-state index contributed by atoms with van der Waals surface area (Å²) < 4.78 is 45.5. The average molecular weight is 270 g/mol. The van der Waals surface area contributed by atoms with E-state index in [1.54, 1.807) is 0 Å². The van der Waals surface area contributed by atoms with Crippen molar-refractivity contribution in [3.63, 3.8) is 0 Å². The first-order valence-electron chi connectivity index (χ1n) is 6.16. The Balaban J connectivity index is 2.18. The second kappa shape index (κ2) is 4.23. The molecule has 1 aromatic heterocycles. The van der Waals surface area contributed by atoms with Gasteiger partial charge in [-0.1, -0.05) is 6.92 Å². The van der Waals surface area contributed by atoms with Crippen molar-refractivity contribution in [3.05, 3.63) is 29.6 Å². The predicted molar refractivity (Wildman–Crippen MR) is 63.7 cm³/mol. The van der Waals surface area contributed by atoms with Gasteiger partial charge in [-0.25, -0.2) is 4.98 Å². The second-order valence-electron chi connectivity index (χ2n) is 4.68. The first-order chi connectivity index (χ1) is 9.00. The molecule has 1 atom stereocenters. The van der Waals surface area contributed by atoms with Crippen molar-refractivity contribution in [2.75, 3.05) is 6.61 Å². The van der Waals surface area contributed by atoms with Gasteiger partial charge in [0.15, 0.2) is 0 Å². The standard InChI is InChI=1S/C13H13F3N2O/c1-2-9-6-19-7-12-17-10-5-8(13(14,15)16)3-4-11(10)18(9)12/h3-5,9H,2,6-7H2,1H3. The van der Waals surface area contributed by atoms with Crippen LogP contribution in [0.1, 0.15) is 30.8 Å². The molecule has 19 heavy (non-hydrogen) atoms. The molecule has 1 aromatic carbocycles. The van der Waals surface area contributed by atoms with Crippen molar-refractivity contribution in [3.8, 4) is 0 Å². The predicted octanol–water partition coefficient (Wildman–Crippen LogP) is 3.54. The summed E-state index contributed by atoms with van der Waals surface area (Å²) in [6, 6.07) is 3.86. The largest absolute Gasteiger partial charge is 0.416 e. The fraction of sp³-hybridized carbons (Fsp3) is 0.462. The molecule has 0 amide bonds. The monoisotopic (exact) mass is 270 g/mol. The summed E-state index contributed by atoms with van der Waals surface area (Å²) in [5.41, 5.74) is 0.469. The molecule has 2 heterocycles. The number of imidazole rings is 1. The maximum Gasteiger partial charge on any atom is 0.416 e. The number of fused-ring (bicyclic) bond motifs is 3. The molecule has 1 unspecified atom stereocenters. The zero-order valence-corrected chi connectivity index (χ0v) is 10.4. The summed E-state index contributed by atoms with van der Waals surface area (Å²) in [5.74, 6) is 0.701. The van der Waals surface area contributed by atoms with Crippen molar-refractivity contribution in [1.82, 2.24) is 9.55 Å². The Morgan fingerprint density at radius 2 is 2.21 bits per heavy atom. The highest BCUT2D eigenvalue weighted by molar-refractivity contribution is 5.77. The Kier molecular flexibility index (Phi) is 2.78. The lowest BCUT2D eigenvalue weighted by Crippen LogP contribution is -2.23. The molecule has 3 nitrogen and oxygen atoms in total. The molecule has 0 fully saturated rings. The Hall–Kier alpha value is -1.56. The summed E-state index contributed by atoms with van der Waals surface area (Å²) in [4.78, 5) is 4.26. The lowest BCUT2D eigenvalue weighted by molar-refractivity contribution is -0.137. The first-order valence-corrected chi connectivity index (χ1v) is 6.16. The maximum absolute atomic E-state index is 12.7. The van der Waals surface area contributed by atoms with E-state index in [-0.39, 0.29) is 6.04 Å². The number of halogens is 3. The van der Waals surface area contributed by atoms with Crippen LogP contribution in [0.4, 0.5) is 13.2 Å². The summed E-state index contributed by atoms with van der Waals surface area (Å²) in [7, 11) is 0. The molecule has 0 spiro atoms. The summed E-state index contributed by atoms with van der Waals surface area (Å²) >= 11 is 0. The third-order valence-electron chi connectivity index (χ3n) is 3.47. The van der Waals surface area contributed by atoms with Gasteiger partial charge >= 0.3 is 6.18 Å². The lowest BCUT2D eigenvalue weighted by atomic mass is 10.1. The molecule has 2 aromatic rings. The average Bonchev–Trinajstić information content (AvgIpc) is 2.74. The highest BCUT2D eigenvalue weighted by Gasteiger charge is 2.31. The van der Waals surface area contributed by atoms with Crippen LogP contribution in [0, 0.1) is 0 Å². The van der Waals surface area contributed by atoms with E-state index in [1.807, 2.05) is 11.5 Å². The quantitative estimate of drug-likeness (QED) is 0.792. The van der Waals surface area contributed by atoms with Crippen LogP contribution in [-0.2, 0) is 17.5 Å². The van der Waals surface area contributed by atoms with Crippen molar-refractivity contribution in [1.29, 1.82) is 0 Å². The Labute approximate surface area is 108 Å². The van der Waals surface area contributed by atoms with Crippen molar-refractivity contribution in [2.45, 2.75) is 32.2 Å². The summed E-state index contributed by atoms with van der Waals surface area (Å²) in [6.45, 7) is 2.96. The molecular weight excluding hydrogens is 257 g/mol. The minimum Gasteiger partial charge on any atom is -0.371 e. The van der Waals surface area contributed by atoms with Gasteiger partial charge in [-0.2, -0.15) is 13.2 Å². The number of nitrogens with zero attached hydrogens (tertiary/aromatic N) is 2. The number of rotatable bonds is 1. The topological polar surface area (TPSA) is 27.1 Å². The Morgan fingerprint density at radius 3 is 2.89 bits per heavy atom. The Morgan fingerprint density at radius 1 is 1.42 bits per heavy atom. The van der Waals surface area contributed by atoms with Gasteiger partial charge < -0.3 is 9.30 Å². The highest BCUT2D eigenvalue weighted by atomic mass is 19.4. The maximum atomic E-state index is 12.7. The van der Waals surface area contributed by atoms with E-state index in [0.29, 0.717) is 24.6 Å². The van der Waals surface area contributed by atoms with E-state index < -0.39 is 11.7 Å². The molecule has 0 saturated heterocycles. The van der Waals surface area contributed by atoms with E-state index >= 15 is 0 Å². The molecule has 0 saturated carbocycles. The molecule has 0 aliphatic carbocycles. The van der Waals surface area contributed by atoms with Gasteiger partial charge in [0.05, 0.1) is 29.2 Å². The molecule has 6 heteroatoms. The van der Waals surface area contributed by atoms with Gasteiger partial charge in [0.25, 0.3) is 0 Å². The van der Waals surface area contributed by atoms with Crippen LogP contribution in [0.3, 0.4) is 0 Å². The van der Waals surface area contributed by atoms with Crippen LogP contribution in [0.2, 0.25) is 0 Å². The van der Waals surface area contributed by atoms with Gasteiger partial charge in [0, 0.05) is 0 Å². The Bertz CT molecular complexity index is 618. The van der Waals surface area contributed by atoms with Gasteiger partial charge in [-0.15, -0.1) is 0 Å². The minimum absolute atomic E-state index is 0.144. The lowest BCUT2D eigenvalue weighted by Gasteiger charge is -2.24. The molecule has 3 rings (SSSR count). The van der Waals surface area contributed by atoms with Crippen LogP contribution in [-0.4, -0.2) is 16.2 Å². The molecule has 0 N–H and O–H groups in total. The van der Waals surface area contributed by atoms with Crippen LogP contribution >= 0.6 is 0 Å². The third-order valence-corrected chi connectivity index (χ3v) is 3.47. The van der Waals surface area contributed by atoms with Gasteiger partial charge in [-0.3, -0.25) is 0 Å². The van der Waals surface area contributed by atoms with Gasteiger partial charge in [-0.05, 0) is 24.6 Å². The van der Waals surface area contributed by atoms with Crippen molar-refractivity contribution < 1.29 is 17.9 Å². The third kappa shape index (κ3) is 2.00. The van der Waals surface area contributed by atoms with Crippen LogP contribution < -0.4 is 0 Å². The summed E-state index contributed by atoms with van der Waals surface area (Å²) in [6.07, 6.45) is -3.47. The van der Waals surface area contributed by atoms with Crippen LogP contribution in [0.15, 0.2) is 18.2 Å². The van der Waals surface area contributed by atoms with Gasteiger partial charge in [0.1, 0.15) is 12.4 Å². The number of benzene rings is 1. The normalized spacial score (nSPS) is 19.7. The second-order valence-corrected chi connectivity index (χ2v) is 4.68. The fourth-order valence-electron chi connectivity index (χ4n) is 2.50. The SMILES string of the molecule is CCC1COCc2nc3cc(C(F)(F)F)ccc3n21. The van der Waals surface area contributed by atoms with E-state index in [0.717, 1.165) is 24.1 Å². The zero-order chi connectivity index (χ0) is 13.6. The number of hydrogen-bond acceptors (Lipinski definition) is 2. The molecule has 1 aliphatic rings. The molecular formula is C13H13F3N2O. The molecule has 1 aliphatic heterocycles. The van der Waals surface area contributed by atoms with Gasteiger partial charge in [0.2, 0.25) is 0 Å². The molecule has 0 bridgehead atoms. The number of alkyl halides is 3. The van der Waals surface area contributed by atoms with E-state index in [4.69, 9.17) is 4.74 Å². The zero-order valence-electron chi connectivity index (χ0n) is 10.4.